The Hall–Kier alpha value is -3.11. The van der Waals surface area contributed by atoms with Crippen LogP contribution in [0.3, 0.4) is 0 Å². The first kappa shape index (κ1) is 23.1. The van der Waals surface area contributed by atoms with Crippen molar-refractivity contribution < 1.29 is 18.7 Å². The molecule has 1 fully saturated rings. The molecule has 2 unspecified atom stereocenters. The summed E-state index contributed by atoms with van der Waals surface area (Å²) in [5, 5.41) is 23.8. The van der Waals surface area contributed by atoms with Gasteiger partial charge in [0.25, 0.3) is 5.24 Å². The van der Waals surface area contributed by atoms with Gasteiger partial charge in [0.1, 0.15) is 6.10 Å². The SMILES string of the molecule is O=C1SCC(/C=C/C(O)C(F)(F)c2ccccc2)N1CCc1cccc(Cc2nnn[nH]2)c1. The number of halogens is 2. The van der Waals surface area contributed by atoms with Crippen molar-refractivity contribution in [2.45, 2.75) is 30.9 Å². The van der Waals surface area contributed by atoms with Gasteiger partial charge in [-0.1, -0.05) is 78.5 Å². The summed E-state index contributed by atoms with van der Waals surface area (Å²) in [6, 6.07) is 14.8. The number of aromatic nitrogens is 4. The molecule has 0 spiro atoms. The van der Waals surface area contributed by atoms with E-state index in [1.165, 1.54) is 30.3 Å². The van der Waals surface area contributed by atoms with Gasteiger partial charge < -0.3 is 10.0 Å². The van der Waals surface area contributed by atoms with Crippen LogP contribution in [0.15, 0.2) is 66.7 Å². The Labute approximate surface area is 193 Å². The summed E-state index contributed by atoms with van der Waals surface area (Å²) < 4.78 is 29.1. The largest absolute Gasteiger partial charge is 0.382 e. The van der Waals surface area contributed by atoms with E-state index in [-0.39, 0.29) is 16.8 Å². The van der Waals surface area contributed by atoms with Gasteiger partial charge in [-0.25, -0.2) is 5.10 Å². The molecule has 33 heavy (non-hydrogen) atoms. The molecule has 1 saturated heterocycles. The minimum absolute atomic E-state index is 0.0992. The maximum Gasteiger partial charge on any atom is 0.302 e. The second-order valence-corrected chi connectivity index (χ2v) is 8.72. The highest BCUT2D eigenvalue weighted by atomic mass is 32.2. The zero-order valence-electron chi connectivity index (χ0n) is 17.6. The Morgan fingerprint density at radius 2 is 2.00 bits per heavy atom. The van der Waals surface area contributed by atoms with Crippen LogP contribution in [0.1, 0.15) is 22.5 Å². The van der Waals surface area contributed by atoms with Crippen molar-refractivity contribution in [2.24, 2.45) is 0 Å². The Morgan fingerprint density at radius 1 is 1.21 bits per heavy atom. The van der Waals surface area contributed by atoms with Crippen molar-refractivity contribution in [1.29, 1.82) is 0 Å². The number of hydrogen-bond donors (Lipinski definition) is 2. The number of aliphatic hydroxyl groups is 1. The number of H-pyrrole nitrogens is 1. The zero-order valence-corrected chi connectivity index (χ0v) is 18.5. The number of aliphatic hydroxyl groups excluding tert-OH is 1. The van der Waals surface area contributed by atoms with Gasteiger partial charge in [0.15, 0.2) is 5.82 Å². The number of alkyl halides is 2. The minimum atomic E-state index is -3.42. The molecular formula is C23H23F2N5O2S. The van der Waals surface area contributed by atoms with E-state index in [2.05, 4.69) is 20.6 Å². The number of aromatic amines is 1. The Kier molecular flexibility index (Phi) is 7.14. The first-order valence-electron chi connectivity index (χ1n) is 10.5. The lowest BCUT2D eigenvalue weighted by Crippen LogP contribution is -2.35. The molecule has 2 atom stereocenters. The third-order valence-corrected chi connectivity index (χ3v) is 6.44. The summed E-state index contributed by atoms with van der Waals surface area (Å²) in [7, 11) is 0. The van der Waals surface area contributed by atoms with Crippen molar-refractivity contribution in [3.63, 3.8) is 0 Å². The van der Waals surface area contributed by atoms with Gasteiger partial charge in [0.05, 0.1) is 6.04 Å². The summed E-state index contributed by atoms with van der Waals surface area (Å²) in [4.78, 5) is 14.0. The molecule has 0 saturated carbocycles. The number of thioether (sulfide) groups is 1. The molecule has 1 aromatic heterocycles. The van der Waals surface area contributed by atoms with Crippen LogP contribution in [0.5, 0.6) is 0 Å². The summed E-state index contributed by atoms with van der Waals surface area (Å²) in [6.07, 6.45) is 1.80. The Balaban J connectivity index is 1.38. The monoisotopic (exact) mass is 471 g/mol. The molecule has 10 heteroatoms. The number of tetrazole rings is 1. The van der Waals surface area contributed by atoms with E-state index in [0.717, 1.165) is 29.0 Å². The number of benzene rings is 2. The first-order chi connectivity index (χ1) is 15.9. The molecule has 0 aliphatic carbocycles. The van der Waals surface area contributed by atoms with Crippen molar-refractivity contribution in [3.05, 3.63) is 89.3 Å². The standard InChI is InChI=1S/C23H23F2N5O2S/c24-23(25,18-7-2-1-3-8-18)20(31)10-9-19-15-33-22(32)30(19)12-11-16-5-4-6-17(13-16)14-21-26-28-29-27-21/h1-10,13,19-20,31H,11-12,14-15H2,(H,26,27,28,29)/b10-9+. The van der Waals surface area contributed by atoms with Crippen LogP contribution in [-0.2, 0) is 18.8 Å². The third-order valence-electron chi connectivity index (χ3n) is 5.45. The molecule has 7 nitrogen and oxygen atoms in total. The second-order valence-electron chi connectivity index (χ2n) is 7.75. The highest BCUT2D eigenvalue weighted by molar-refractivity contribution is 8.13. The molecule has 2 N–H and O–H groups in total. The summed E-state index contributed by atoms with van der Waals surface area (Å²) in [5.41, 5.74) is 1.83. The average molecular weight is 472 g/mol. The van der Waals surface area contributed by atoms with Crippen LogP contribution in [0.25, 0.3) is 0 Å². The van der Waals surface area contributed by atoms with Crippen LogP contribution in [0.2, 0.25) is 0 Å². The van der Waals surface area contributed by atoms with Gasteiger partial charge >= 0.3 is 5.92 Å². The van der Waals surface area contributed by atoms with Crippen molar-refractivity contribution >= 4 is 17.0 Å². The smallest absolute Gasteiger partial charge is 0.302 e. The van der Waals surface area contributed by atoms with Crippen LogP contribution in [0, 0.1) is 0 Å². The fraction of sp³-hybridized carbons (Fsp3) is 0.304. The van der Waals surface area contributed by atoms with Crippen molar-refractivity contribution in [2.75, 3.05) is 12.3 Å². The maximum absolute atomic E-state index is 14.5. The van der Waals surface area contributed by atoms with Gasteiger partial charge in [-0.05, 0) is 28.0 Å². The van der Waals surface area contributed by atoms with Gasteiger partial charge in [-0.2, -0.15) is 8.78 Å². The maximum atomic E-state index is 14.5. The lowest BCUT2D eigenvalue weighted by molar-refractivity contribution is -0.0929. The molecule has 172 valence electrons. The molecule has 2 heterocycles. The summed E-state index contributed by atoms with van der Waals surface area (Å²) in [5.74, 6) is -2.30. The predicted molar refractivity (Wildman–Crippen MR) is 121 cm³/mol. The number of carbonyl (C=O) groups is 1. The Bertz CT molecular complexity index is 1100. The van der Waals surface area contributed by atoms with Crippen molar-refractivity contribution in [3.8, 4) is 0 Å². The van der Waals surface area contributed by atoms with E-state index in [9.17, 15) is 18.7 Å². The first-order valence-corrected chi connectivity index (χ1v) is 11.5. The number of nitrogens with one attached hydrogen (secondary N) is 1. The van der Waals surface area contributed by atoms with E-state index in [0.29, 0.717) is 31.0 Å². The summed E-state index contributed by atoms with van der Waals surface area (Å²) in [6.45, 7) is 0.444. The number of hydrogen-bond acceptors (Lipinski definition) is 6. The number of rotatable bonds is 9. The normalized spacial score (nSPS) is 17.7. The van der Waals surface area contributed by atoms with Crippen LogP contribution < -0.4 is 0 Å². The predicted octanol–water partition coefficient (Wildman–Crippen LogP) is 3.58. The van der Waals surface area contributed by atoms with Gasteiger partial charge in [-0.3, -0.25) is 4.79 Å². The van der Waals surface area contributed by atoms with Crippen molar-refractivity contribution in [1.82, 2.24) is 25.5 Å². The van der Waals surface area contributed by atoms with E-state index >= 15 is 0 Å². The fourth-order valence-corrected chi connectivity index (χ4v) is 4.66. The number of amides is 1. The molecule has 1 amide bonds. The molecule has 4 rings (SSSR count). The average Bonchev–Trinajstić information content (AvgIpc) is 3.46. The van der Waals surface area contributed by atoms with Crippen LogP contribution >= 0.6 is 11.8 Å². The highest BCUT2D eigenvalue weighted by Gasteiger charge is 2.39. The molecule has 0 radical (unpaired) electrons. The van der Waals surface area contributed by atoms with E-state index in [1.54, 1.807) is 11.0 Å². The third kappa shape index (κ3) is 5.63. The lowest BCUT2D eigenvalue weighted by atomic mass is 10.0. The topological polar surface area (TPSA) is 95.0 Å². The van der Waals surface area contributed by atoms with E-state index < -0.39 is 12.0 Å². The minimum Gasteiger partial charge on any atom is -0.382 e. The van der Waals surface area contributed by atoms with E-state index in [4.69, 9.17) is 0 Å². The molecular weight excluding hydrogens is 448 g/mol. The number of carbonyl (C=O) groups excluding carboxylic acids is 1. The molecule has 1 aliphatic rings. The van der Waals surface area contributed by atoms with Crippen LogP contribution in [-0.4, -0.2) is 60.3 Å². The van der Waals surface area contributed by atoms with Gasteiger partial charge in [0, 0.05) is 24.3 Å². The molecule has 3 aromatic rings. The van der Waals surface area contributed by atoms with Gasteiger partial charge in [0.2, 0.25) is 0 Å². The second kappa shape index (κ2) is 10.2. The van der Waals surface area contributed by atoms with Gasteiger partial charge in [-0.15, -0.1) is 5.10 Å². The molecule has 1 aliphatic heterocycles. The molecule has 0 bridgehead atoms. The molecule has 2 aromatic carbocycles. The van der Waals surface area contributed by atoms with E-state index in [1.807, 2.05) is 24.3 Å². The lowest BCUT2D eigenvalue weighted by Gasteiger charge is -2.23. The highest BCUT2D eigenvalue weighted by Crippen LogP contribution is 2.33. The summed E-state index contributed by atoms with van der Waals surface area (Å²) >= 11 is 1.15. The number of nitrogens with zero attached hydrogens (tertiary/aromatic N) is 4. The van der Waals surface area contributed by atoms with Crippen LogP contribution in [0.4, 0.5) is 13.6 Å². The fourth-order valence-electron chi connectivity index (χ4n) is 3.66. The zero-order chi connectivity index (χ0) is 23.3. The quantitative estimate of drug-likeness (QED) is 0.463. The Morgan fingerprint density at radius 3 is 2.76 bits per heavy atom.